The minimum absolute atomic E-state index is 0.0624. The van der Waals surface area contributed by atoms with Gasteiger partial charge in [-0.3, -0.25) is 9.59 Å². The SMILES string of the molecule is CCn1cc(Cl)cc1C(=O)N[C@H]1CC[C@@H](C(=O)O)C1. The lowest BCUT2D eigenvalue weighted by Crippen LogP contribution is -2.34. The molecule has 2 rings (SSSR count). The Hall–Kier alpha value is -1.49. The molecule has 2 N–H and O–H groups in total. The van der Waals surface area contributed by atoms with E-state index >= 15 is 0 Å². The number of carboxylic acids is 1. The van der Waals surface area contributed by atoms with Crippen LogP contribution in [0.15, 0.2) is 12.3 Å². The van der Waals surface area contributed by atoms with Gasteiger partial charge >= 0.3 is 5.97 Å². The Bertz CT molecular complexity index is 498. The van der Waals surface area contributed by atoms with Crippen LogP contribution in [0.25, 0.3) is 0 Å². The van der Waals surface area contributed by atoms with E-state index in [0.717, 1.165) is 0 Å². The molecule has 0 saturated heterocycles. The Balaban J connectivity index is 2.00. The molecule has 1 saturated carbocycles. The van der Waals surface area contributed by atoms with E-state index in [4.69, 9.17) is 16.7 Å². The summed E-state index contributed by atoms with van der Waals surface area (Å²) < 4.78 is 1.78. The van der Waals surface area contributed by atoms with Crippen molar-refractivity contribution in [1.82, 2.24) is 9.88 Å². The Labute approximate surface area is 116 Å². The molecule has 0 bridgehead atoms. The van der Waals surface area contributed by atoms with Gasteiger partial charge < -0.3 is 15.0 Å². The van der Waals surface area contributed by atoms with Crippen LogP contribution in [0, 0.1) is 5.92 Å². The zero-order valence-electron chi connectivity index (χ0n) is 10.7. The van der Waals surface area contributed by atoms with Crippen molar-refractivity contribution in [2.24, 2.45) is 5.92 Å². The Kier molecular flexibility index (Phi) is 4.14. The first-order valence-corrected chi connectivity index (χ1v) is 6.78. The molecule has 0 aliphatic heterocycles. The van der Waals surface area contributed by atoms with Gasteiger partial charge in [0.15, 0.2) is 0 Å². The van der Waals surface area contributed by atoms with E-state index in [1.807, 2.05) is 6.92 Å². The lowest BCUT2D eigenvalue weighted by atomic mass is 10.1. The van der Waals surface area contributed by atoms with Gasteiger partial charge in [-0.1, -0.05) is 11.6 Å². The number of carboxylic acid groups (broad SMARTS) is 1. The third-order valence-electron chi connectivity index (χ3n) is 3.55. The van der Waals surface area contributed by atoms with Gasteiger partial charge in [0.05, 0.1) is 10.9 Å². The highest BCUT2D eigenvalue weighted by Crippen LogP contribution is 2.26. The number of rotatable bonds is 4. The molecule has 1 aromatic heterocycles. The van der Waals surface area contributed by atoms with Crippen molar-refractivity contribution < 1.29 is 14.7 Å². The minimum atomic E-state index is -0.781. The minimum Gasteiger partial charge on any atom is -0.481 e. The standard InChI is InChI=1S/C13H17ClN2O3/c1-2-16-7-9(14)6-11(16)12(17)15-10-4-3-8(5-10)13(18)19/h6-8,10H,2-5H2,1H3,(H,15,17)(H,18,19)/t8-,10+/m1/s1. The van der Waals surface area contributed by atoms with Gasteiger partial charge in [-0.25, -0.2) is 0 Å². The summed E-state index contributed by atoms with van der Waals surface area (Å²) in [4.78, 5) is 23.0. The number of aliphatic carboxylic acids is 1. The van der Waals surface area contributed by atoms with E-state index in [2.05, 4.69) is 5.32 Å². The largest absolute Gasteiger partial charge is 0.481 e. The van der Waals surface area contributed by atoms with Crippen LogP contribution in [0.5, 0.6) is 0 Å². The second-order valence-electron chi connectivity index (χ2n) is 4.85. The molecular formula is C13H17ClN2O3. The second-order valence-corrected chi connectivity index (χ2v) is 5.28. The third kappa shape index (κ3) is 3.10. The molecule has 0 unspecified atom stereocenters. The van der Waals surface area contributed by atoms with E-state index < -0.39 is 5.97 Å². The number of hydrogen-bond acceptors (Lipinski definition) is 2. The molecule has 5 nitrogen and oxygen atoms in total. The summed E-state index contributed by atoms with van der Waals surface area (Å²) >= 11 is 5.89. The Morgan fingerprint density at radius 1 is 1.53 bits per heavy atom. The number of aryl methyl sites for hydroxylation is 1. The van der Waals surface area contributed by atoms with Gasteiger partial charge in [-0.05, 0) is 32.3 Å². The number of nitrogens with one attached hydrogen (secondary N) is 1. The molecule has 1 amide bonds. The van der Waals surface area contributed by atoms with E-state index in [1.54, 1.807) is 16.8 Å². The first kappa shape index (κ1) is 13.9. The molecule has 104 valence electrons. The molecule has 1 aliphatic carbocycles. The smallest absolute Gasteiger partial charge is 0.306 e. The van der Waals surface area contributed by atoms with Crippen molar-refractivity contribution in [1.29, 1.82) is 0 Å². The lowest BCUT2D eigenvalue weighted by molar-refractivity contribution is -0.141. The van der Waals surface area contributed by atoms with Crippen molar-refractivity contribution >= 4 is 23.5 Å². The number of halogens is 1. The van der Waals surface area contributed by atoms with Gasteiger partial charge in [-0.2, -0.15) is 0 Å². The third-order valence-corrected chi connectivity index (χ3v) is 3.76. The van der Waals surface area contributed by atoms with Crippen LogP contribution in [0.2, 0.25) is 5.02 Å². The first-order chi connectivity index (χ1) is 9.01. The van der Waals surface area contributed by atoms with Crippen molar-refractivity contribution in [3.05, 3.63) is 23.0 Å². The highest BCUT2D eigenvalue weighted by molar-refractivity contribution is 6.31. The predicted octanol–water partition coefficient (Wildman–Crippen LogP) is 2.14. The fourth-order valence-electron chi connectivity index (χ4n) is 2.52. The average molecular weight is 285 g/mol. The number of amides is 1. The highest BCUT2D eigenvalue weighted by atomic mass is 35.5. The number of carbonyl (C=O) groups is 2. The molecule has 1 fully saturated rings. The number of aromatic nitrogens is 1. The summed E-state index contributed by atoms with van der Waals surface area (Å²) in [6.07, 6.45) is 3.55. The summed E-state index contributed by atoms with van der Waals surface area (Å²) in [7, 11) is 0. The average Bonchev–Trinajstić information content (AvgIpc) is 2.95. The normalized spacial score (nSPS) is 22.4. The fourth-order valence-corrected chi connectivity index (χ4v) is 2.74. The van der Waals surface area contributed by atoms with Crippen molar-refractivity contribution in [3.63, 3.8) is 0 Å². The molecule has 1 heterocycles. The van der Waals surface area contributed by atoms with Crippen LogP contribution in [0.4, 0.5) is 0 Å². The Morgan fingerprint density at radius 2 is 2.26 bits per heavy atom. The number of nitrogens with zero attached hydrogens (tertiary/aromatic N) is 1. The van der Waals surface area contributed by atoms with Crippen LogP contribution in [-0.2, 0) is 11.3 Å². The molecular weight excluding hydrogens is 268 g/mol. The van der Waals surface area contributed by atoms with Gasteiger partial charge in [0.1, 0.15) is 5.69 Å². The van der Waals surface area contributed by atoms with Gasteiger partial charge in [0.25, 0.3) is 5.91 Å². The van der Waals surface area contributed by atoms with Crippen molar-refractivity contribution in [2.45, 2.75) is 38.8 Å². The topological polar surface area (TPSA) is 71.3 Å². The molecule has 6 heteroatoms. The maximum Gasteiger partial charge on any atom is 0.306 e. The number of carbonyl (C=O) groups excluding carboxylic acids is 1. The molecule has 1 aromatic rings. The summed E-state index contributed by atoms with van der Waals surface area (Å²) in [6.45, 7) is 2.60. The monoisotopic (exact) mass is 284 g/mol. The van der Waals surface area contributed by atoms with Gasteiger partial charge in [-0.15, -0.1) is 0 Å². The van der Waals surface area contributed by atoms with Crippen molar-refractivity contribution in [2.75, 3.05) is 0 Å². The maximum atomic E-state index is 12.1. The van der Waals surface area contributed by atoms with E-state index in [9.17, 15) is 9.59 Å². The van der Waals surface area contributed by atoms with Crippen LogP contribution in [0.1, 0.15) is 36.7 Å². The summed E-state index contributed by atoms with van der Waals surface area (Å²) in [5.41, 5.74) is 0.520. The zero-order valence-corrected chi connectivity index (χ0v) is 11.5. The van der Waals surface area contributed by atoms with Crippen molar-refractivity contribution in [3.8, 4) is 0 Å². The predicted molar refractivity (Wildman–Crippen MR) is 71.3 cm³/mol. The van der Waals surface area contributed by atoms with Crippen LogP contribution in [0.3, 0.4) is 0 Å². The molecule has 0 radical (unpaired) electrons. The molecule has 0 aromatic carbocycles. The van der Waals surface area contributed by atoms with E-state index in [1.165, 1.54) is 0 Å². The zero-order chi connectivity index (χ0) is 14.0. The van der Waals surface area contributed by atoms with Crippen LogP contribution in [-0.4, -0.2) is 27.6 Å². The molecule has 2 atom stereocenters. The van der Waals surface area contributed by atoms with E-state index in [0.29, 0.717) is 36.5 Å². The maximum absolute atomic E-state index is 12.1. The van der Waals surface area contributed by atoms with Gasteiger partial charge in [0.2, 0.25) is 0 Å². The van der Waals surface area contributed by atoms with Crippen LogP contribution >= 0.6 is 11.6 Å². The first-order valence-electron chi connectivity index (χ1n) is 6.40. The summed E-state index contributed by atoms with van der Waals surface area (Å²) in [6, 6.07) is 1.57. The lowest BCUT2D eigenvalue weighted by Gasteiger charge is -2.13. The molecule has 1 aliphatic rings. The van der Waals surface area contributed by atoms with E-state index in [-0.39, 0.29) is 17.9 Å². The second kappa shape index (κ2) is 5.65. The fraction of sp³-hybridized carbons (Fsp3) is 0.538. The van der Waals surface area contributed by atoms with Crippen LogP contribution < -0.4 is 5.32 Å². The molecule has 0 spiro atoms. The molecule has 19 heavy (non-hydrogen) atoms. The van der Waals surface area contributed by atoms with Gasteiger partial charge in [0, 0.05) is 18.8 Å². The summed E-state index contributed by atoms with van der Waals surface area (Å²) in [5, 5.41) is 12.3. The highest BCUT2D eigenvalue weighted by Gasteiger charge is 2.31. The number of hydrogen-bond donors (Lipinski definition) is 2. The summed E-state index contributed by atoms with van der Waals surface area (Å²) in [5.74, 6) is -1.31. The quantitative estimate of drug-likeness (QED) is 0.890. The Morgan fingerprint density at radius 3 is 2.84 bits per heavy atom.